The molecule has 1 aromatic heterocycles. The summed E-state index contributed by atoms with van der Waals surface area (Å²) in [7, 11) is 0. The van der Waals surface area contributed by atoms with Crippen LogP contribution in [0.15, 0.2) is 42.6 Å². The van der Waals surface area contributed by atoms with Gasteiger partial charge in [-0.1, -0.05) is 36.5 Å². The van der Waals surface area contributed by atoms with Crippen molar-refractivity contribution in [3.05, 3.63) is 65.0 Å². The molecule has 1 aliphatic rings. The number of aromatic nitrogens is 1. The van der Waals surface area contributed by atoms with Crippen LogP contribution in [-0.4, -0.2) is 28.0 Å². The van der Waals surface area contributed by atoms with Crippen molar-refractivity contribution in [2.24, 2.45) is 5.73 Å². The molecule has 0 spiro atoms. The minimum absolute atomic E-state index is 0.361. The van der Waals surface area contributed by atoms with Gasteiger partial charge in [0.15, 0.2) is 0 Å². The highest BCUT2D eigenvalue weighted by atomic mass is 32.1. The van der Waals surface area contributed by atoms with Crippen molar-refractivity contribution in [1.82, 2.24) is 9.88 Å². The van der Waals surface area contributed by atoms with Crippen LogP contribution in [0.3, 0.4) is 0 Å². The summed E-state index contributed by atoms with van der Waals surface area (Å²) in [5.41, 5.74) is 10.6. The first-order chi connectivity index (χ1) is 10.2. The maximum absolute atomic E-state index is 5.65. The lowest BCUT2D eigenvalue weighted by Crippen LogP contribution is -2.26. The van der Waals surface area contributed by atoms with Crippen LogP contribution in [0, 0.1) is 0 Å². The number of benzene rings is 1. The largest absolute Gasteiger partial charge is 0.388 e. The third kappa shape index (κ3) is 3.46. The van der Waals surface area contributed by atoms with Crippen molar-refractivity contribution < 1.29 is 0 Å². The van der Waals surface area contributed by atoms with Crippen molar-refractivity contribution in [2.45, 2.75) is 19.4 Å². The standard InChI is InChI=1S/C17H19N3S/c18-17(21)16-11-13(5-8-19-16)12-20-9-6-14-3-1-2-4-15(14)7-10-20/h1-5,8,11H,6-7,9-10,12H2,(H2,18,21). The number of nitrogens with two attached hydrogens (primary N) is 1. The summed E-state index contributed by atoms with van der Waals surface area (Å²) in [6.07, 6.45) is 4.02. The predicted molar refractivity (Wildman–Crippen MR) is 89.3 cm³/mol. The van der Waals surface area contributed by atoms with Crippen LogP contribution >= 0.6 is 12.2 Å². The molecule has 21 heavy (non-hydrogen) atoms. The molecule has 0 aliphatic carbocycles. The second-order valence-electron chi connectivity index (χ2n) is 5.46. The molecular formula is C17H19N3S. The Kier molecular flexibility index (Phi) is 4.27. The number of pyridine rings is 1. The minimum Gasteiger partial charge on any atom is -0.388 e. The van der Waals surface area contributed by atoms with Gasteiger partial charge in [0.1, 0.15) is 4.99 Å². The van der Waals surface area contributed by atoms with E-state index in [1.54, 1.807) is 6.20 Å². The van der Waals surface area contributed by atoms with E-state index in [1.165, 1.54) is 16.7 Å². The summed E-state index contributed by atoms with van der Waals surface area (Å²) in [5.74, 6) is 0. The molecule has 0 atom stereocenters. The van der Waals surface area contributed by atoms with E-state index in [1.807, 2.05) is 12.1 Å². The van der Waals surface area contributed by atoms with Gasteiger partial charge in [0.25, 0.3) is 0 Å². The third-order valence-electron chi connectivity index (χ3n) is 4.00. The van der Waals surface area contributed by atoms with Crippen molar-refractivity contribution in [3.8, 4) is 0 Å². The van der Waals surface area contributed by atoms with Gasteiger partial charge in [0.2, 0.25) is 0 Å². The molecule has 0 radical (unpaired) electrons. The van der Waals surface area contributed by atoms with Crippen LogP contribution in [0.5, 0.6) is 0 Å². The SMILES string of the molecule is NC(=S)c1cc(CN2CCc3ccccc3CC2)ccn1. The highest BCUT2D eigenvalue weighted by molar-refractivity contribution is 7.80. The fraction of sp³-hybridized carbons (Fsp3) is 0.294. The summed E-state index contributed by atoms with van der Waals surface area (Å²) in [6, 6.07) is 12.8. The molecule has 0 saturated heterocycles. The Hall–Kier alpha value is -1.78. The monoisotopic (exact) mass is 297 g/mol. The van der Waals surface area contributed by atoms with E-state index in [9.17, 15) is 0 Å². The summed E-state index contributed by atoms with van der Waals surface area (Å²) >= 11 is 5.00. The second-order valence-corrected chi connectivity index (χ2v) is 5.90. The van der Waals surface area contributed by atoms with Crippen molar-refractivity contribution in [2.75, 3.05) is 13.1 Å². The lowest BCUT2D eigenvalue weighted by Gasteiger charge is -2.19. The quantitative estimate of drug-likeness (QED) is 0.883. The average molecular weight is 297 g/mol. The van der Waals surface area contributed by atoms with E-state index < -0.39 is 0 Å². The van der Waals surface area contributed by atoms with Crippen LogP contribution in [0.2, 0.25) is 0 Å². The van der Waals surface area contributed by atoms with E-state index in [-0.39, 0.29) is 0 Å². The van der Waals surface area contributed by atoms with E-state index in [0.29, 0.717) is 10.7 Å². The molecule has 2 heterocycles. The van der Waals surface area contributed by atoms with Crippen LogP contribution in [0.1, 0.15) is 22.4 Å². The Bertz CT molecular complexity index is 627. The molecule has 0 fully saturated rings. The Morgan fingerprint density at radius 3 is 2.43 bits per heavy atom. The first-order valence-corrected chi connectivity index (χ1v) is 7.67. The summed E-state index contributed by atoms with van der Waals surface area (Å²) in [4.78, 5) is 7.04. The van der Waals surface area contributed by atoms with Gasteiger partial charge in [-0.05, 0) is 41.7 Å². The van der Waals surface area contributed by atoms with Crippen molar-refractivity contribution in [1.29, 1.82) is 0 Å². The zero-order valence-electron chi connectivity index (χ0n) is 12.0. The van der Waals surface area contributed by atoms with Gasteiger partial charge in [-0.15, -0.1) is 0 Å². The zero-order valence-corrected chi connectivity index (χ0v) is 12.8. The molecule has 4 heteroatoms. The Morgan fingerprint density at radius 1 is 1.14 bits per heavy atom. The van der Waals surface area contributed by atoms with Gasteiger partial charge in [0, 0.05) is 25.8 Å². The highest BCUT2D eigenvalue weighted by Crippen LogP contribution is 2.17. The summed E-state index contributed by atoms with van der Waals surface area (Å²) in [6.45, 7) is 3.09. The fourth-order valence-electron chi connectivity index (χ4n) is 2.84. The maximum atomic E-state index is 5.65. The van der Waals surface area contributed by atoms with Gasteiger partial charge < -0.3 is 5.73 Å². The molecule has 1 aliphatic heterocycles. The summed E-state index contributed by atoms with van der Waals surface area (Å²) in [5, 5.41) is 0. The van der Waals surface area contributed by atoms with E-state index in [0.717, 1.165) is 32.5 Å². The van der Waals surface area contributed by atoms with Gasteiger partial charge in [0.05, 0.1) is 5.69 Å². The molecule has 0 amide bonds. The molecule has 108 valence electrons. The fourth-order valence-corrected chi connectivity index (χ4v) is 2.95. The number of fused-ring (bicyclic) bond motifs is 1. The summed E-state index contributed by atoms with van der Waals surface area (Å²) < 4.78 is 0. The number of hydrogen-bond acceptors (Lipinski definition) is 3. The van der Waals surface area contributed by atoms with E-state index in [2.05, 4.69) is 34.1 Å². The van der Waals surface area contributed by atoms with Crippen LogP contribution < -0.4 is 5.73 Å². The number of thiocarbonyl (C=S) groups is 1. The van der Waals surface area contributed by atoms with E-state index in [4.69, 9.17) is 18.0 Å². The highest BCUT2D eigenvalue weighted by Gasteiger charge is 2.14. The van der Waals surface area contributed by atoms with Crippen LogP contribution in [0.25, 0.3) is 0 Å². The van der Waals surface area contributed by atoms with Gasteiger partial charge in [-0.2, -0.15) is 0 Å². The molecule has 2 N–H and O–H groups in total. The predicted octanol–water partition coefficient (Wildman–Crippen LogP) is 2.32. The topological polar surface area (TPSA) is 42.1 Å². The Labute approximate surface area is 130 Å². The number of nitrogens with zero attached hydrogens (tertiary/aromatic N) is 2. The Balaban J connectivity index is 1.70. The smallest absolute Gasteiger partial charge is 0.122 e. The maximum Gasteiger partial charge on any atom is 0.122 e. The van der Waals surface area contributed by atoms with Crippen molar-refractivity contribution in [3.63, 3.8) is 0 Å². The number of hydrogen-bond donors (Lipinski definition) is 1. The average Bonchev–Trinajstić information content (AvgIpc) is 2.70. The van der Waals surface area contributed by atoms with Crippen LogP contribution in [-0.2, 0) is 19.4 Å². The molecule has 0 unspecified atom stereocenters. The molecule has 0 saturated carbocycles. The lowest BCUT2D eigenvalue weighted by molar-refractivity contribution is 0.279. The van der Waals surface area contributed by atoms with E-state index >= 15 is 0 Å². The van der Waals surface area contributed by atoms with Gasteiger partial charge >= 0.3 is 0 Å². The molecule has 0 bridgehead atoms. The molecule has 1 aromatic carbocycles. The molecular weight excluding hydrogens is 278 g/mol. The first kappa shape index (κ1) is 14.2. The lowest BCUT2D eigenvalue weighted by atomic mass is 10.0. The molecule has 3 nitrogen and oxygen atoms in total. The zero-order chi connectivity index (χ0) is 14.7. The minimum atomic E-state index is 0.361. The first-order valence-electron chi connectivity index (χ1n) is 7.26. The number of rotatable bonds is 3. The third-order valence-corrected chi connectivity index (χ3v) is 4.21. The molecule has 3 rings (SSSR count). The Morgan fingerprint density at radius 2 is 1.81 bits per heavy atom. The molecule has 2 aromatic rings. The second kappa shape index (κ2) is 6.33. The van der Waals surface area contributed by atoms with Gasteiger partial charge in [-0.3, -0.25) is 9.88 Å². The van der Waals surface area contributed by atoms with Crippen LogP contribution in [0.4, 0.5) is 0 Å². The van der Waals surface area contributed by atoms with Gasteiger partial charge in [-0.25, -0.2) is 0 Å². The van der Waals surface area contributed by atoms with Crippen molar-refractivity contribution >= 4 is 17.2 Å². The normalized spacial score (nSPS) is 15.2.